The minimum absolute atomic E-state index is 0.0247. The van der Waals surface area contributed by atoms with Crippen molar-refractivity contribution in [3.8, 4) is 0 Å². The first kappa shape index (κ1) is 17.6. The maximum Gasteiger partial charge on any atom is 0.234 e. The predicted molar refractivity (Wildman–Crippen MR) is 97.4 cm³/mol. The molecular formula is C20H25N3O2. The third-order valence-electron chi connectivity index (χ3n) is 4.54. The van der Waals surface area contributed by atoms with Gasteiger partial charge in [0.05, 0.1) is 25.8 Å². The Bertz CT molecular complexity index is 712. The van der Waals surface area contributed by atoms with E-state index in [1.807, 2.05) is 18.3 Å². The normalized spacial score (nSPS) is 16.4. The van der Waals surface area contributed by atoms with Gasteiger partial charge in [-0.2, -0.15) is 0 Å². The van der Waals surface area contributed by atoms with Gasteiger partial charge in [-0.3, -0.25) is 14.7 Å². The summed E-state index contributed by atoms with van der Waals surface area (Å²) in [6, 6.07) is 10.1. The van der Waals surface area contributed by atoms with Gasteiger partial charge >= 0.3 is 0 Å². The molecule has 1 atom stereocenters. The number of ether oxygens (including phenoxy) is 1. The van der Waals surface area contributed by atoms with Crippen LogP contribution in [0.1, 0.15) is 28.3 Å². The average molecular weight is 339 g/mol. The van der Waals surface area contributed by atoms with Crippen LogP contribution in [0.25, 0.3) is 0 Å². The quantitative estimate of drug-likeness (QED) is 0.908. The number of rotatable bonds is 5. The molecule has 1 aliphatic heterocycles. The lowest BCUT2D eigenvalue weighted by Crippen LogP contribution is -2.44. The lowest BCUT2D eigenvalue weighted by molar-refractivity contribution is -0.123. The van der Waals surface area contributed by atoms with Crippen molar-refractivity contribution in [3.05, 3.63) is 65.0 Å². The van der Waals surface area contributed by atoms with E-state index in [4.69, 9.17) is 4.74 Å². The number of pyridine rings is 1. The molecule has 0 spiro atoms. The molecular weight excluding hydrogens is 314 g/mol. The second-order valence-corrected chi connectivity index (χ2v) is 6.54. The second kappa shape index (κ2) is 8.23. The van der Waals surface area contributed by atoms with E-state index in [9.17, 15) is 4.79 Å². The summed E-state index contributed by atoms with van der Waals surface area (Å²) in [4.78, 5) is 19.0. The summed E-state index contributed by atoms with van der Waals surface area (Å²) in [7, 11) is 0. The van der Waals surface area contributed by atoms with E-state index in [1.165, 1.54) is 5.56 Å². The highest BCUT2D eigenvalue weighted by Gasteiger charge is 2.21. The van der Waals surface area contributed by atoms with Gasteiger partial charge in [0.1, 0.15) is 0 Å². The first-order valence-electron chi connectivity index (χ1n) is 8.70. The molecule has 1 unspecified atom stereocenters. The van der Waals surface area contributed by atoms with Gasteiger partial charge < -0.3 is 10.1 Å². The number of aromatic nitrogens is 1. The standard InChI is InChI=1S/C20H25N3O2/c1-15-5-6-16(2)18(12-15)20(17-4-3-7-21-13-17)22-19(24)14-23-8-10-25-11-9-23/h3-7,12-13,20H,8-11,14H2,1-2H3,(H,22,24). The van der Waals surface area contributed by atoms with Crippen LogP contribution in [0.15, 0.2) is 42.7 Å². The number of amides is 1. The number of carbonyl (C=O) groups excluding carboxylic acids is 1. The van der Waals surface area contributed by atoms with Gasteiger partial charge in [-0.15, -0.1) is 0 Å². The molecule has 2 aromatic rings. The summed E-state index contributed by atoms with van der Waals surface area (Å²) in [5.41, 5.74) is 4.44. The van der Waals surface area contributed by atoms with Crippen LogP contribution >= 0.6 is 0 Å². The number of aryl methyl sites for hydroxylation is 2. The van der Waals surface area contributed by atoms with Crippen molar-refractivity contribution in [2.75, 3.05) is 32.8 Å². The number of hydrogen-bond acceptors (Lipinski definition) is 4. The molecule has 0 radical (unpaired) electrons. The third-order valence-corrected chi connectivity index (χ3v) is 4.54. The number of nitrogens with zero attached hydrogens (tertiary/aromatic N) is 2. The summed E-state index contributed by atoms with van der Waals surface area (Å²) < 4.78 is 5.35. The second-order valence-electron chi connectivity index (χ2n) is 6.54. The largest absolute Gasteiger partial charge is 0.379 e. The predicted octanol–water partition coefficient (Wildman–Crippen LogP) is 2.24. The van der Waals surface area contributed by atoms with Crippen LogP contribution in [0.3, 0.4) is 0 Å². The fourth-order valence-corrected chi connectivity index (χ4v) is 3.13. The molecule has 1 aromatic carbocycles. The zero-order chi connectivity index (χ0) is 17.6. The van der Waals surface area contributed by atoms with Crippen molar-refractivity contribution in [2.24, 2.45) is 0 Å². The number of hydrogen-bond donors (Lipinski definition) is 1. The molecule has 1 saturated heterocycles. The van der Waals surface area contributed by atoms with Crippen molar-refractivity contribution < 1.29 is 9.53 Å². The fourth-order valence-electron chi connectivity index (χ4n) is 3.13. The molecule has 5 heteroatoms. The van der Waals surface area contributed by atoms with Crippen molar-refractivity contribution >= 4 is 5.91 Å². The van der Waals surface area contributed by atoms with Crippen molar-refractivity contribution in [2.45, 2.75) is 19.9 Å². The first-order valence-corrected chi connectivity index (χ1v) is 8.70. The summed E-state index contributed by atoms with van der Waals surface area (Å²) >= 11 is 0. The van der Waals surface area contributed by atoms with Crippen LogP contribution < -0.4 is 5.32 Å². The maximum absolute atomic E-state index is 12.7. The summed E-state index contributed by atoms with van der Waals surface area (Å²) in [5, 5.41) is 3.20. The van der Waals surface area contributed by atoms with Gasteiger partial charge in [-0.1, -0.05) is 29.8 Å². The Kier molecular flexibility index (Phi) is 5.79. The topological polar surface area (TPSA) is 54.5 Å². The zero-order valence-corrected chi connectivity index (χ0v) is 14.9. The number of carbonyl (C=O) groups is 1. The molecule has 5 nitrogen and oxygen atoms in total. The monoisotopic (exact) mass is 339 g/mol. The number of benzene rings is 1. The van der Waals surface area contributed by atoms with E-state index in [1.54, 1.807) is 6.20 Å². The highest BCUT2D eigenvalue weighted by Crippen LogP contribution is 2.25. The van der Waals surface area contributed by atoms with E-state index >= 15 is 0 Å². The van der Waals surface area contributed by atoms with Crippen molar-refractivity contribution in [1.29, 1.82) is 0 Å². The molecule has 0 saturated carbocycles. The van der Waals surface area contributed by atoms with Crippen molar-refractivity contribution in [1.82, 2.24) is 15.2 Å². The molecule has 2 heterocycles. The van der Waals surface area contributed by atoms with E-state index in [0.29, 0.717) is 19.8 Å². The third kappa shape index (κ3) is 4.65. The van der Waals surface area contributed by atoms with Crippen LogP contribution in [-0.4, -0.2) is 48.6 Å². The van der Waals surface area contributed by atoms with E-state index in [2.05, 4.69) is 47.2 Å². The smallest absolute Gasteiger partial charge is 0.234 e. The molecule has 0 bridgehead atoms. The Hall–Kier alpha value is -2.24. The summed E-state index contributed by atoms with van der Waals surface area (Å²) in [6.07, 6.45) is 3.57. The van der Waals surface area contributed by atoms with Crippen LogP contribution in [0.5, 0.6) is 0 Å². The first-order chi connectivity index (χ1) is 12.1. The molecule has 1 N–H and O–H groups in total. The van der Waals surface area contributed by atoms with Gasteiger partial charge in [-0.25, -0.2) is 0 Å². The molecule has 0 aliphatic carbocycles. The van der Waals surface area contributed by atoms with Gasteiger partial charge in [0.2, 0.25) is 5.91 Å². The minimum atomic E-state index is -0.192. The highest BCUT2D eigenvalue weighted by molar-refractivity contribution is 5.79. The van der Waals surface area contributed by atoms with E-state index in [0.717, 1.165) is 29.8 Å². The summed E-state index contributed by atoms with van der Waals surface area (Å²) in [5.74, 6) is 0.0247. The number of morpholine rings is 1. The SMILES string of the molecule is Cc1ccc(C)c(C(NC(=O)CN2CCOCC2)c2cccnc2)c1. The zero-order valence-electron chi connectivity index (χ0n) is 14.9. The molecule has 1 aromatic heterocycles. The lowest BCUT2D eigenvalue weighted by Gasteiger charge is -2.27. The Morgan fingerprint density at radius 3 is 2.80 bits per heavy atom. The molecule has 1 amide bonds. The molecule has 1 aliphatic rings. The van der Waals surface area contributed by atoms with Gasteiger partial charge in [0.25, 0.3) is 0 Å². The van der Waals surface area contributed by atoms with Gasteiger partial charge in [-0.05, 0) is 36.6 Å². The van der Waals surface area contributed by atoms with Crippen molar-refractivity contribution in [3.63, 3.8) is 0 Å². The van der Waals surface area contributed by atoms with E-state index in [-0.39, 0.29) is 11.9 Å². The maximum atomic E-state index is 12.7. The highest BCUT2D eigenvalue weighted by atomic mass is 16.5. The Morgan fingerprint density at radius 2 is 2.08 bits per heavy atom. The molecule has 132 valence electrons. The van der Waals surface area contributed by atoms with Crippen LogP contribution in [-0.2, 0) is 9.53 Å². The Labute approximate surface area is 149 Å². The average Bonchev–Trinajstić information content (AvgIpc) is 2.63. The molecule has 1 fully saturated rings. The van der Waals surface area contributed by atoms with E-state index < -0.39 is 0 Å². The van der Waals surface area contributed by atoms with Crippen LogP contribution in [0.4, 0.5) is 0 Å². The lowest BCUT2D eigenvalue weighted by atomic mass is 9.94. The molecule has 3 rings (SSSR count). The Balaban J connectivity index is 1.81. The fraction of sp³-hybridized carbons (Fsp3) is 0.400. The summed E-state index contributed by atoms with van der Waals surface area (Å²) in [6.45, 7) is 7.52. The van der Waals surface area contributed by atoms with Gasteiger partial charge in [0.15, 0.2) is 0 Å². The molecule has 25 heavy (non-hydrogen) atoms. The van der Waals surface area contributed by atoms with Gasteiger partial charge in [0, 0.05) is 25.5 Å². The van der Waals surface area contributed by atoms with Crippen LogP contribution in [0.2, 0.25) is 0 Å². The Morgan fingerprint density at radius 1 is 1.28 bits per heavy atom. The number of nitrogens with one attached hydrogen (secondary N) is 1. The minimum Gasteiger partial charge on any atom is -0.379 e. The van der Waals surface area contributed by atoms with Crippen LogP contribution in [0, 0.1) is 13.8 Å².